The lowest BCUT2D eigenvalue weighted by molar-refractivity contribution is -0.137. The van der Waals surface area contributed by atoms with Crippen molar-refractivity contribution in [3.63, 3.8) is 0 Å². The Labute approximate surface area is 172 Å². The van der Waals surface area contributed by atoms with Gasteiger partial charge in [0.25, 0.3) is 5.91 Å². The van der Waals surface area contributed by atoms with Gasteiger partial charge in [-0.3, -0.25) is 4.79 Å². The minimum atomic E-state index is -4.58. The Morgan fingerprint density at radius 1 is 1.10 bits per heavy atom. The second-order valence-electron chi connectivity index (χ2n) is 7.27. The highest BCUT2D eigenvalue weighted by molar-refractivity contribution is 5.94. The first-order chi connectivity index (χ1) is 14.3. The standard InChI is InChI=1S/C22H22F3N3O2/c1-30-19-4-2-3-14(11-19)21(29)28-17-9-7-16(8-10-17)27-18-6-5-15(13-26)20(12-18)22(23,24)25/h2-6,11-12,16-17,27H,7-10H2,1H3,(H,28,29)/t16-,17+. The molecule has 0 saturated heterocycles. The summed E-state index contributed by atoms with van der Waals surface area (Å²) in [6.07, 6.45) is -1.72. The van der Waals surface area contributed by atoms with Crippen LogP contribution < -0.4 is 15.4 Å². The molecule has 0 spiro atoms. The number of ether oxygens (including phenoxy) is 1. The number of hydrogen-bond donors (Lipinski definition) is 2. The number of halogens is 3. The number of hydrogen-bond acceptors (Lipinski definition) is 4. The predicted octanol–water partition coefficient (Wildman–Crippen LogP) is 4.74. The maximum absolute atomic E-state index is 13.1. The van der Waals surface area contributed by atoms with E-state index in [2.05, 4.69) is 10.6 Å². The number of carbonyl (C=O) groups excluding carboxylic acids is 1. The summed E-state index contributed by atoms with van der Waals surface area (Å²) in [5, 5.41) is 15.0. The first kappa shape index (κ1) is 21.5. The van der Waals surface area contributed by atoms with Crippen LogP contribution in [0.5, 0.6) is 5.75 Å². The summed E-state index contributed by atoms with van der Waals surface area (Å²) in [5.74, 6) is 0.434. The molecule has 2 aromatic rings. The Kier molecular flexibility index (Phi) is 6.50. The molecule has 2 aromatic carbocycles. The van der Waals surface area contributed by atoms with Gasteiger partial charge in [0.1, 0.15) is 5.75 Å². The third-order valence-electron chi connectivity index (χ3n) is 5.21. The summed E-state index contributed by atoms with van der Waals surface area (Å²) in [6, 6.07) is 12.2. The second kappa shape index (κ2) is 9.08. The van der Waals surface area contributed by atoms with Gasteiger partial charge >= 0.3 is 6.18 Å². The number of amides is 1. The minimum Gasteiger partial charge on any atom is -0.497 e. The van der Waals surface area contributed by atoms with Gasteiger partial charge in [0, 0.05) is 23.3 Å². The zero-order valence-electron chi connectivity index (χ0n) is 16.4. The Hall–Kier alpha value is -3.21. The van der Waals surface area contributed by atoms with Gasteiger partial charge in [-0.05, 0) is 62.1 Å². The molecule has 0 bridgehead atoms. The van der Waals surface area contributed by atoms with Gasteiger partial charge in [-0.25, -0.2) is 0 Å². The zero-order valence-corrected chi connectivity index (χ0v) is 16.4. The van der Waals surface area contributed by atoms with Crippen molar-refractivity contribution in [3.05, 3.63) is 59.2 Å². The normalized spacial score (nSPS) is 18.9. The largest absolute Gasteiger partial charge is 0.497 e. The van der Waals surface area contributed by atoms with E-state index in [1.54, 1.807) is 30.3 Å². The van der Waals surface area contributed by atoms with Crippen molar-refractivity contribution in [1.82, 2.24) is 5.32 Å². The molecule has 1 fully saturated rings. The van der Waals surface area contributed by atoms with Crippen molar-refractivity contribution in [1.29, 1.82) is 5.26 Å². The molecule has 1 saturated carbocycles. The number of nitriles is 1. The highest BCUT2D eigenvalue weighted by Crippen LogP contribution is 2.34. The average Bonchev–Trinajstić information content (AvgIpc) is 2.74. The molecule has 158 valence electrons. The van der Waals surface area contributed by atoms with Crippen molar-refractivity contribution in [2.24, 2.45) is 0 Å². The minimum absolute atomic E-state index is 0.00370. The van der Waals surface area contributed by atoms with E-state index in [-0.39, 0.29) is 18.0 Å². The molecule has 0 aliphatic heterocycles. The number of methoxy groups -OCH3 is 1. The van der Waals surface area contributed by atoms with Crippen LogP contribution >= 0.6 is 0 Å². The van der Waals surface area contributed by atoms with E-state index in [1.165, 1.54) is 19.2 Å². The maximum atomic E-state index is 13.1. The van der Waals surface area contributed by atoms with Crippen LogP contribution in [0.2, 0.25) is 0 Å². The predicted molar refractivity (Wildman–Crippen MR) is 106 cm³/mol. The molecule has 1 aliphatic rings. The Balaban J connectivity index is 1.56. The lowest BCUT2D eigenvalue weighted by Crippen LogP contribution is -2.40. The second-order valence-corrected chi connectivity index (χ2v) is 7.27. The molecule has 0 heterocycles. The summed E-state index contributed by atoms with van der Waals surface area (Å²) >= 11 is 0. The van der Waals surface area contributed by atoms with Crippen LogP contribution in [0.1, 0.15) is 47.2 Å². The number of alkyl halides is 3. The van der Waals surface area contributed by atoms with Crippen molar-refractivity contribution in [2.75, 3.05) is 12.4 Å². The Morgan fingerprint density at radius 3 is 2.43 bits per heavy atom. The van der Waals surface area contributed by atoms with Crippen molar-refractivity contribution in [3.8, 4) is 11.8 Å². The van der Waals surface area contributed by atoms with Crippen LogP contribution in [-0.4, -0.2) is 25.1 Å². The third-order valence-corrected chi connectivity index (χ3v) is 5.21. The molecule has 3 rings (SSSR count). The molecular weight excluding hydrogens is 395 g/mol. The van der Waals surface area contributed by atoms with Crippen molar-refractivity contribution >= 4 is 11.6 Å². The summed E-state index contributed by atoms with van der Waals surface area (Å²) in [6.45, 7) is 0. The van der Waals surface area contributed by atoms with Gasteiger partial charge in [-0.2, -0.15) is 18.4 Å². The van der Waals surface area contributed by atoms with E-state index in [9.17, 15) is 18.0 Å². The first-order valence-electron chi connectivity index (χ1n) is 9.63. The lowest BCUT2D eigenvalue weighted by atomic mass is 9.90. The summed E-state index contributed by atoms with van der Waals surface area (Å²) < 4.78 is 44.5. The quantitative estimate of drug-likeness (QED) is 0.737. The Morgan fingerprint density at radius 2 is 1.80 bits per heavy atom. The van der Waals surface area contributed by atoms with E-state index in [1.807, 2.05) is 0 Å². The molecule has 0 radical (unpaired) electrons. The average molecular weight is 417 g/mol. The third kappa shape index (κ3) is 5.23. The number of nitrogens with one attached hydrogen (secondary N) is 2. The molecule has 1 aliphatic carbocycles. The fraction of sp³-hybridized carbons (Fsp3) is 0.364. The Bertz CT molecular complexity index is 945. The van der Waals surface area contributed by atoms with Crippen LogP contribution in [-0.2, 0) is 6.18 Å². The molecular formula is C22H22F3N3O2. The van der Waals surface area contributed by atoms with Gasteiger partial charge in [0.05, 0.1) is 24.3 Å². The number of nitrogens with zero attached hydrogens (tertiary/aromatic N) is 1. The van der Waals surface area contributed by atoms with E-state index >= 15 is 0 Å². The van der Waals surface area contributed by atoms with Crippen molar-refractivity contribution < 1.29 is 22.7 Å². The molecule has 0 aromatic heterocycles. The van der Waals surface area contributed by atoms with Crippen LogP contribution in [0.15, 0.2) is 42.5 Å². The smallest absolute Gasteiger partial charge is 0.417 e. The zero-order chi connectivity index (χ0) is 21.7. The molecule has 1 amide bonds. The number of benzene rings is 2. The van der Waals surface area contributed by atoms with E-state index < -0.39 is 17.3 Å². The van der Waals surface area contributed by atoms with Crippen LogP contribution in [0, 0.1) is 11.3 Å². The molecule has 2 N–H and O–H groups in total. The molecule has 5 nitrogen and oxygen atoms in total. The van der Waals surface area contributed by atoms with Crippen LogP contribution in [0.4, 0.5) is 18.9 Å². The highest BCUT2D eigenvalue weighted by Gasteiger charge is 2.34. The summed E-state index contributed by atoms with van der Waals surface area (Å²) in [5.41, 5.74) is -0.469. The van der Waals surface area contributed by atoms with Gasteiger partial charge < -0.3 is 15.4 Å². The lowest BCUT2D eigenvalue weighted by Gasteiger charge is -2.30. The monoisotopic (exact) mass is 417 g/mol. The van der Waals surface area contributed by atoms with Crippen molar-refractivity contribution in [2.45, 2.75) is 43.9 Å². The van der Waals surface area contributed by atoms with Crippen LogP contribution in [0.25, 0.3) is 0 Å². The maximum Gasteiger partial charge on any atom is 0.417 e. The molecule has 0 atom stereocenters. The van der Waals surface area contributed by atoms with Gasteiger partial charge in [0.15, 0.2) is 0 Å². The summed E-state index contributed by atoms with van der Waals surface area (Å²) in [4.78, 5) is 12.4. The SMILES string of the molecule is COc1cccc(C(=O)N[C@H]2CC[C@@H](Nc3ccc(C#N)c(C(F)(F)F)c3)CC2)c1. The van der Waals surface area contributed by atoms with E-state index in [4.69, 9.17) is 10.00 Å². The number of anilines is 1. The summed E-state index contributed by atoms with van der Waals surface area (Å²) in [7, 11) is 1.54. The molecule has 0 unspecified atom stereocenters. The number of carbonyl (C=O) groups is 1. The fourth-order valence-corrected chi connectivity index (χ4v) is 3.62. The van der Waals surface area contributed by atoms with E-state index in [0.717, 1.165) is 18.9 Å². The fourth-order valence-electron chi connectivity index (χ4n) is 3.62. The molecule has 8 heteroatoms. The number of rotatable bonds is 5. The first-order valence-corrected chi connectivity index (χ1v) is 9.63. The molecule has 30 heavy (non-hydrogen) atoms. The van der Waals surface area contributed by atoms with E-state index in [0.29, 0.717) is 29.8 Å². The highest BCUT2D eigenvalue weighted by atomic mass is 19.4. The van der Waals surface area contributed by atoms with Gasteiger partial charge in [0.2, 0.25) is 0 Å². The van der Waals surface area contributed by atoms with Gasteiger partial charge in [-0.1, -0.05) is 6.07 Å². The van der Waals surface area contributed by atoms with Crippen LogP contribution in [0.3, 0.4) is 0 Å². The van der Waals surface area contributed by atoms with Gasteiger partial charge in [-0.15, -0.1) is 0 Å². The topological polar surface area (TPSA) is 74.2 Å².